The second kappa shape index (κ2) is 8.86. The van der Waals surface area contributed by atoms with Crippen molar-refractivity contribution in [3.8, 4) is 46.0 Å². The first kappa shape index (κ1) is 21.5. The van der Waals surface area contributed by atoms with Crippen molar-refractivity contribution in [2.45, 2.75) is 13.8 Å². The van der Waals surface area contributed by atoms with E-state index in [9.17, 15) is 10.2 Å². The van der Waals surface area contributed by atoms with Crippen molar-refractivity contribution in [1.82, 2.24) is 15.0 Å². The number of benzene rings is 4. The zero-order valence-corrected chi connectivity index (χ0v) is 18.8. The Bertz CT molecular complexity index is 1440. The van der Waals surface area contributed by atoms with Gasteiger partial charge in [-0.3, -0.25) is 0 Å². The summed E-state index contributed by atoms with van der Waals surface area (Å²) in [6.45, 7) is 4.41. The summed E-state index contributed by atoms with van der Waals surface area (Å²) in [6, 6.07) is 21.1. The molecule has 0 unspecified atom stereocenters. The van der Waals surface area contributed by atoms with Gasteiger partial charge in [-0.05, 0) is 41.5 Å². The lowest BCUT2D eigenvalue weighted by Crippen LogP contribution is -2.04. The predicted octanol–water partition coefficient (Wildman–Crippen LogP) is 5.72. The number of nitrogens with zero attached hydrogens (tertiary/aromatic N) is 3. The number of rotatable bonds is 6. The molecule has 1 aromatic heterocycles. The quantitative estimate of drug-likeness (QED) is 0.317. The van der Waals surface area contributed by atoms with E-state index in [0.29, 0.717) is 24.8 Å². The van der Waals surface area contributed by atoms with Crippen LogP contribution in [-0.2, 0) is 0 Å². The summed E-state index contributed by atoms with van der Waals surface area (Å²) >= 11 is 0. The summed E-state index contributed by atoms with van der Waals surface area (Å²) < 4.78 is 11.1. The molecular weight excluding hydrogens is 430 g/mol. The normalized spacial score (nSPS) is 11.1. The molecule has 170 valence electrons. The fourth-order valence-electron chi connectivity index (χ4n) is 4.09. The van der Waals surface area contributed by atoms with E-state index in [2.05, 4.69) is 16.0 Å². The summed E-state index contributed by atoms with van der Waals surface area (Å²) in [5, 5.41) is 25.4. The van der Waals surface area contributed by atoms with Crippen LogP contribution in [0.15, 0.2) is 66.7 Å². The fraction of sp³-hybridized carbons (Fsp3) is 0.148. The molecule has 0 aliphatic heterocycles. The standard InChI is InChI=1S/C27H23N3O4/c1-3-33-18-14-21(31)24(22(32)15-18)26-28-25(29-27(30-26)34-4-2)23-19-11-7-5-9-16(19)13-17-10-6-8-12-20(17)23/h5-15,31-32H,3-4H2,1-2H3. The van der Waals surface area contributed by atoms with Gasteiger partial charge < -0.3 is 19.7 Å². The second-order valence-electron chi connectivity index (χ2n) is 7.66. The van der Waals surface area contributed by atoms with Crippen LogP contribution in [0, 0.1) is 0 Å². The van der Waals surface area contributed by atoms with Crippen molar-refractivity contribution in [3.63, 3.8) is 0 Å². The maximum Gasteiger partial charge on any atom is 0.320 e. The Balaban J connectivity index is 1.80. The molecule has 1 heterocycles. The summed E-state index contributed by atoms with van der Waals surface area (Å²) in [6.07, 6.45) is 0. The maximum absolute atomic E-state index is 10.7. The molecule has 5 aromatic rings. The molecule has 0 saturated carbocycles. The van der Waals surface area contributed by atoms with Gasteiger partial charge in [-0.1, -0.05) is 48.5 Å². The highest BCUT2D eigenvalue weighted by Crippen LogP contribution is 2.41. The van der Waals surface area contributed by atoms with Crippen molar-refractivity contribution in [2.75, 3.05) is 13.2 Å². The van der Waals surface area contributed by atoms with Gasteiger partial charge in [0.15, 0.2) is 11.6 Å². The smallest absolute Gasteiger partial charge is 0.320 e. The number of ether oxygens (including phenoxy) is 2. The van der Waals surface area contributed by atoms with E-state index in [1.54, 1.807) is 0 Å². The first-order valence-electron chi connectivity index (χ1n) is 11.1. The third-order valence-corrected chi connectivity index (χ3v) is 5.49. The van der Waals surface area contributed by atoms with Gasteiger partial charge >= 0.3 is 6.01 Å². The zero-order chi connectivity index (χ0) is 23.7. The topological polar surface area (TPSA) is 97.6 Å². The fourth-order valence-corrected chi connectivity index (χ4v) is 4.09. The van der Waals surface area contributed by atoms with Crippen molar-refractivity contribution < 1.29 is 19.7 Å². The monoisotopic (exact) mass is 453 g/mol. The third-order valence-electron chi connectivity index (χ3n) is 5.49. The number of aromatic nitrogens is 3. The average molecular weight is 453 g/mol. The zero-order valence-electron chi connectivity index (χ0n) is 18.8. The lowest BCUT2D eigenvalue weighted by Gasteiger charge is -2.14. The molecule has 7 heteroatoms. The Hall–Kier alpha value is -4.39. The molecule has 0 fully saturated rings. The minimum absolute atomic E-state index is 0.0811. The number of fused-ring (bicyclic) bond motifs is 2. The molecule has 0 aliphatic rings. The summed E-state index contributed by atoms with van der Waals surface area (Å²) in [4.78, 5) is 13.7. The summed E-state index contributed by atoms with van der Waals surface area (Å²) in [5.74, 6) is 0.426. The Kier molecular flexibility index (Phi) is 5.59. The first-order chi connectivity index (χ1) is 16.6. The van der Waals surface area contributed by atoms with E-state index in [-0.39, 0.29) is 28.9 Å². The van der Waals surface area contributed by atoms with E-state index in [1.165, 1.54) is 12.1 Å². The van der Waals surface area contributed by atoms with E-state index in [1.807, 2.05) is 62.4 Å². The highest BCUT2D eigenvalue weighted by molar-refractivity contribution is 6.11. The van der Waals surface area contributed by atoms with Gasteiger partial charge in [0.1, 0.15) is 22.8 Å². The largest absolute Gasteiger partial charge is 0.507 e. The minimum atomic E-state index is -0.203. The number of phenolic OH excluding ortho intramolecular Hbond substituents is 2. The Morgan fingerprint density at radius 2 is 1.18 bits per heavy atom. The lowest BCUT2D eigenvalue weighted by atomic mass is 9.96. The number of hydrogen-bond donors (Lipinski definition) is 2. The number of phenols is 2. The molecule has 0 spiro atoms. The molecule has 7 nitrogen and oxygen atoms in total. The van der Waals surface area contributed by atoms with Crippen LogP contribution in [0.1, 0.15) is 13.8 Å². The molecule has 0 aliphatic carbocycles. The highest BCUT2D eigenvalue weighted by atomic mass is 16.5. The van der Waals surface area contributed by atoms with E-state index >= 15 is 0 Å². The van der Waals surface area contributed by atoms with Crippen LogP contribution >= 0.6 is 0 Å². The van der Waals surface area contributed by atoms with Gasteiger partial charge in [0.2, 0.25) is 0 Å². The maximum atomic E-state index is 10.7. The van der Waals surface area contributed by atoms with E-state index in [4.69, 9.17) is 14.5 Å². The highest BCUT2D eigenvalue weighted by Gasteiger charge is 2.21. The molecule has 0 atom stereocenters. The van der Waals surface area contributed by atoms with Crippen molar-refractivity contribution in [2.24, 2.45) is 0 Å². The molecule has 0 saturated heterocycles. The predicted molar refractivity (Wildman–Crippen MR) is 131 cm³/mol. The molecule has 2 N–H and O–H groups in total. The van der Waals surface area contributed by atoms with Gasteiger partial charge in [-0.15, -0.1) is 0 Å². The van der Waals surface area contributed by atoms with Gasteiger partial charge in [-0.25, -0.2) is 4.98 Å². The Labute approximate surface area is 196 Å². The molecule has 0 amide bonds. The average Bonchev–Trinajstić information content (AvgIpc) is 2.82. The van der Waals surface area contributed by atoms with Crippen molar-refractivity contribution >= 4 is 21.5 Å². The molecule has 5 rings (SSSR count). The van der Waals surface area contributed by atoms with Gasteiger partial charge in [0.05, 0.1) is 13.2 Å². The number of aromatic hydroxyl groups is 2. The summed E-state index contributed by atoms with van der Waals surface area (Å²) in [7, 11) is 0. The lowest BCUT2D eigenvalue weighted by molar-refractivity contribution is 0.312. The van der Waals surface area contributed by atoms with Crippen molar-refractivity contribution in [3.05, 3.63) is 66.7 Å². The SMILES string of the molecule is CCOc1cc(O)c(-c2nc(OCC)nc(-c3c4ccccc4cc4ccccc34)n2)c(O)c1. The van der Waals surface area contributed by atoms with Crippen LogP contribution in [0.5, 0.6) is 23.3 Å². The first-order valence-corrected chi connectivity index (χ1v) is 11.1. The van der Waals surface area contributed by atoms with Gasteiger partial charge in [0.25, 0.3) is 0 Å². The molecule has 34 heavy (non-hydrogen) atoms. The van der Waals surface area contributed by atoms with Crippen molar-refractivity contribution in [1.29, 1.82) is 0 Å². The van der Waals surface area contributed by atoms with Crippen LogP contribution < -0.4 is 9.47 Å². The molecule has 0 bridgehead atoms. The van der Waals surface area contributed by atoms with E-state index in [0.717, 1.165) is 27.1 Å². The molecular formula is C27H23N3O4. The van der Waals surface area contributed by atoms with E-state index < -0.39 is 0 Å². The Morgan fingerprint density at radius 3 is 1.74 bits per heavy atom. The Morgan fingerprint density at radius 1 is 0.647 bits per heavy atom. The van der Waals surface area contributed by atoms with Crippen LogP contribution in [0.2, 0.25) is 0 Å². The number of hydrogen-bond acceptors (Lipinski definition) is 7. The van der Waals surface area contributed by atoms with Gasteiger partial charge in [0, 0.05) is 17.7 Å². The van der Waals surface area contributed by atoms with Crippen LogP contribution in [0.3, 0.4) is 0 Å². The van der Waals surface area contributed by atoms with Crippen LogP contribution in [0.25, 0.3) is 44.3 Å². The minimum Gasteiger partial charge on any atom is -0.507 e. The molecule has 4 aromatic carbocycles. The third kappa shape index (κ3) is 3.81. The second-order valence-corrected chi connectivity index (χ2v) is 7.66. The molecule has 0 radical (unpaired) electrons. The van der Waals surface area contributed by atoms with Crippen LogP contribution in [0.4, 0.5) is 0 Å². The summed E-state index contributed by atoms with van der Waals surface area (Å²) in [5.41, 5.74) is 0.904. The van der Waals surface area contributed by atoms with Crippen LogP contribution in [-0.4, -0.2) is 38.4 Å². The van der Waals surface area contributed by atoms with Gasteiger partial charge in [-0.2, -0.15) is 9.97 Å².